The Morgan fingerprint density at radius 3 is 2.55 bits per heavy atom. The van der Waals surface area contributed by atoms with Crippen molar-refractivity contribution in [3.63, 3.8) is 0 Å². The molecular weight excluding hydrogens is 269 g/mol. The van der Waals surface area contributed by atoms with E-state index in [1.807, 2.05) is 0 Å². The van der Waals surface area contributed by atoms with Gasteiger partial charge in [-0.2, -0.15) is 0 Å². The number of carbonyl (C=O) groups excluding carboxylic acids is 2. The van der Waals surface area contributed by atoms with Crippen molar-refractivity contribution in [2.45, 2.75) is 26.4 Å². The average molecular weight is 283 g/mol. The van der Waals surface area contributed by atoms with Crippen molar-refractivity contribution in [3.8, 4) is 0 Å². The second-order valence-corrected chi connectivity index (χ2v) is 3.96. The van der Waals surface area contributed by atoms with Crippen molar-refractivity contribution < 1.29 is 28.6 Å². The lowest BCUT2D eigenvalue weighted by molar-refractivity contribution is -0.152. The summed E-state index contributed by atoms with van der Waals surface area (Å²) in [5.74, 6) is -3.81. The van der Waals surface area contributed by atoms with E-state index in [-0.39, 0.29) is 12.1 Å². The number of hydrogen-bond donors (Lipinski definition) is 2. The first-order chi connectivity index (χ1) is 9.36. The highest BCUT2D eigenvalue weighted by Crippen LogP contribution is 2.19. The van der Waals surface area contributed by atoms with Crippen molar-refractivity contribution in [3.05, 3.63) is 29.6 Å². The van der Waals surface area contributed by atoms with Gasteiger partial charge in [-0.05, 0) is 18.6 Å². The normalized spacial score (nSPS) is 11.6. The third-order valence-corrected chi connectivity index (χ3v) is 2.46. The number of carboxylic acids is 1. The number of carbonyl (C=O) groups is 3. The Morgan fingerprint density at radius 2 is 2.05 bits per heavy atom. The largest absolute Gasteiger partial charge is 0.478 e. The number of anilines is 1. The predicted molar refractivity (Wildman–Crippen MR) is 67.8 cm³/mol. The van der Waals surface area contributed by atoms with Gasteiger partial charge < -0.3 is 15.2 Å². The summed E-state index contributed by atoms with van der Waals surface area (Å²) in [6.07, 6.45) is -0.847. The van der Waals surface area contributed by atoms with E-state index >= 15 is 0 Å². The molecule has 0 aromatic heterocycles. The van der Waals surface area contributed by atoms with Gasteiger partial charge in [-0.1, -0.05) is 13.0 Å². The van der Waals surface area contributed by atoms with Gasteiger partial charge in [0.25, 0.3) is 5.91 Å². The smallest absolute Gasteiger partial charge is 0.340 e. The summed E-state index contributed by atoms with van der Waals surface area (Å²) in [5, 5.41) is 11.2. The minimum atomic E-state index is -1.50. The fourth-order valence-corrected chi connectivity index (χ4v) is 1.58. The molecule has 1 aromatic carbocycles. The van der Waals surface area contributed by atoms with E-state index in [1.54, 1.807) is 6.92 Å². The number of ether oxygens (including phenoxy) is 1. The molecule has 1 unspecified atom stereocenters. The Bertz CT molecular complexity index is 544. The Morgan fingerprint density at radius 1 is 1.40 bits per heavy atom. The Labute approximate surface area is 114 Å². The van der Waals surface area contributed by atoms with Gasteiger partial charge in [0.05, 0.1) is 5.69 Å². The van der Waals surface area contributed by atoms with E-state index in [0.717, 1.165) is 13.0 Å². The molecule has 0 aliphatic heterocycles. The SMILES string of the molecule is CCC(OC(C)=O)C(=O)Nc1cccc(F)c1C(=O)O. The zero-order valence-electron chi connectivity index (χ0n) is 11.0. The zero-order chi connectivity index (χ0) is 15.3. The number of carboxylic acid groups (broad SMARTS) is 1. The number of halogens is 1. The first-order valence-electron chi connectivity index (χ1n) is 5.86. The Balaban J connectivity index is 2.98. The molecule has 1 atom stereocenters. The molecule has 0 radical (unpaired) electrons. The first-order valence-corrected chi connectivity index (χ1v) is 5.86. The quantitative estimate of drug-likeness (QED) is 0.804. The van der Waals surface area contributed by atoms with Gasteiger partial charge in [0.15, 0.2) is 6.10 Å². The molecule has 1 rings (SSSR count). The molecule has 0 spiro atoms. The van der Waals surface area contributed by atoms with Crippen LogP contribution in [0, 0.1) is 5.82 Å². The van der Waals surface area contributed by atoms with Gasteiger partial charge in [0.1, 0.15) is 11.4 Å². The topological polar surface area (TPSA) is 92.7 Å². The second-order valence-electron chi connectivity index (χ2n) is 3.96. The first kappa shape index (κ1) is 15.6. The van der Waals surface area contributed by atoms with Gasteiger partial charge in [-0.25, -0.2) is 9.18 Å². The van der Waals surface area contributed by atoms with E-state index in [2.05, 4.69) is 5.32 Å². The maximum Gasteiger partial charge on any atom is 0.340 e. The Hall–Kier alpha value is -2.44. The van der Waals surface area contributed by atoms with Crippen LogP contribution in [-0.2, 0) is 14.3 Å². The molecule has 20 heavy (non-hydrogen) atoms. The van der Waals surface area contributed by atoms with Crippen LogP contribution in [0.25, 0.3) is 0 Å². The number of amides is 1. The van der Waals surface area contributed by atoms with Crippen molar-refractivity contribution in [2.24, 2.45) is 0 Å². The Kier molecular flexibility index (Phi) is 5.19. The van der Waals surface area contributed by atoms with Crippen LogP contribution in [0.4, 0.5) is 10.1 Å². The van der Waals surface area contributed by atoms with Gasteiger partial charge >= 0.3 is 11.9 Å². The minimum absolute atomic E-state index is 0.187. The van der Waals surface area contributed by atoms with Crippen molar-refractivity contribution >= 4 is 23.5 Å². The lowest BCUT2D eigenvalue weighted by Gasteiger charge is -2.16. The van der Waals surface area contributed by atoms with Crippen LogP contribution in [0.3, 0.4) is 0 Å². The standard InChI is InChI=1S/C13H14FNO5/c1-3-10(20-7(2)16)12(17)15-9-6-4-5-8(14)11(9)13(18)19/h4-6,10H,3H2,1-2H3,(H,15,17)(H,18,19). The third kappa shape index (κ3) is 3.78. The summed E-state index contributed by atoms with van der Waals surface area (Å²) in [7, 11) is 0. The molecule has 108 valence electrons. The molecule has 7 heteroatoms. The van der Waals surface area contributed by atoms with Gasteiger partial charge in [0, 0.05) is 6.92 Å². The maximum absolute atomic E-state index is 13.4. The monoisotopic (exact) mass is 283 g/mol. The highest BCUT2D eigenvalue weighted by atomic mass is 19.1. The van der Waals surface area contributed by atoms with E-state index in [4.69, 9.17) is 9.84 Å². The highest BCUT2D eigenvalue weighted by molar-refractivity contribution is 6.02. The van der Waals surface area contributed by atoms with Crippen molar-refractivity contribution in [1.29, 1.82) is 0 Å². The van der Waals surface area contributed by atoms with Gasteiger partial charge in [0.2, 0.25) is 0 Å². The molecule has 0 saturated carbocycles. The van der Waals surface area contributed by atoms with Crippen LogP contribution in [-0.4, -0.2) is 29.1 Å². The fraction of sp³-hybridized carbons (Fsp3) is 0.308. The summed E-state index contributed by atoms with van der Waals surface area (Å²) in [4.78, 5) is 33.7. The molecule has 1 amide bonds. The van der Waals surface area contributed by atoms with Crippen LogP contribution < -0.4 is 5.32 Å². The molecule has 0 saturated heterocycles. The maximum atomic E-state index is 13.4. The zero-order valence-corrected chi connectivity index (χ0v) is 11.0. The summed E-state index contributed by atoms with van der Waals surface area (Å²) in [6.45, 7) is 2.78. The lowest BCUT2D eigenvalue weighted by atomic mass is 10.1. The number of hydrogen-bond acceptors (Lipinski definition) is 4. The summed E-state index contributed by atoms with van der Waals surface area (Å²) in [6, 6.07) is 3.50. The molecule has 0 aliphatic rings. The van der Waals surface area contributed by atoms with Gasteiger partial charge in [-0.3, -0.25) is 9.59 Å². The van der Waals surface area contributed by atoms with Crippen molar-refractivity contribution in [2.75, 3.05) is 5.32 Å². The third-order valence-electron chi connectivity index (χ3n) is 2.46. The van der Waals surface area contributed by atoms with Crippen molar-refractivity contribution in [1.82, 2.24) is 0 Å². The molecule has 0 heterocycles. The molecule has 1 aromatic rings. The van der Waals surface area contributed by atoms with E-state index in [1.165, 1.54) is 12.1 Å². The summed E-state index contributed by atoms with van der Waals surface area (Å²) in [5.41, 5.74) is -0.827. The van der Waals surface area contributed by atoms with Crippen LogP contribution in [0.5, 0.6) is 0 Å². The second kappa shape index (κ2) is 6.65. The molecular formula is C13H14FNO5. The van der Waals surface area contributed by atoms with Gasteiger partial charge in [-0.15, -0.1) is 0 Å². The highest BCUT2D eigenvalue weighted by Gasteiger charge is 2.23. The number of rotatable bonds is 5. The molecule has 0 aliphatic carbocycles. The van der Waals surface area contributed by atoms with Crippen LogP contribution in [0.1, 0.15) is 30.6 Å². The predicted octanol–water partition coefficient (Wildman–Crippen LogP) is 1.80. The van der Waals surface area contributed by atoms with E-state index in [9.17, 15) is 18.8 Å². The van der Waals surface area contributed by atoms with Crippen LogP contribution in [0.15, 0.2) is 18.2 Å². The number of esters is 1. The van der Waals surface area contributed by atoms with E-state index in [0.29, 0.717) is 0 Å². The van der Waals surface area contributed by atoms with Crippen LogP contribution in [0.2, 0.25) is 0 Å². The lowest BCUT2D eigenvalue weighted by Crippen LogP contribution is -2.32. The summed E-state index contributed by atoms with van der Waals surface area (Å²) >= 11 is 0. The average Bonchev–Trinajstić information content (AvgIpc) is 2.35. The minimum Gasteiger partial charge on any atom is -0.478 e. The molecule has 6 nitrogen and oxygen atoms in total. The number of nitrogens with one attached hydrogen (secondary N) is 1. The van der Waals surface area contributed by atoms with E-state index < -0.39 is 35.3 Å². The molecule has 0 bridgehead atoms. The molecule has 0 fully saturated rings. The number of aromatic carboxylic acids is 1. The number of benzene rings is 1. The van der Waals surface area contributed by atoms with Crippen LogP contribution >= 0.6 is 0 Å². The fourth-order valence-electron chi connectivity index (χ4n) is 1.58. The molecule has 2 N–H and O–H groups in total. The summed E-state index contributed by atoms with van der Waals surface area (Å²) < 4.78 is 18.2.